The Bertz CT molecular complexity index is 647. The molecule has 1 unspecified atom stereocenters. The Morgan fingerprint density at radius 1 is 1.00 bits per heavy atom. The topological polar surface area (TPSA) is 26.0 Å². The van der Waals surface area contributed by atoms with Gasteiger partial charge in [0, 0.05) is 10.0 Å². The second-order valence-corrected chi connectivity index (χ2v) is 5.50. The van der Waals surface area contributed by atoms with Crippen LogP contribution in [0.15, 0.2) is 28.7 Å². The Balaban J connectivity index is 2.52. The minimum absolute atomic E-state index is 0.0648. The third-order valence-corrected chi connectivity index (χ3v) is 4.47. The van der Waals surface area contributed by atoms with Gasteiger partial charge in [0.2, 0.25) is 0 Å². The first-order valence-corrected chi connectivity index (χ1v) is 6.77. The first-order chi connectivity index (χ1) is 9.32. The molecule has 0 fully saturated rings. The Kier molecular flexibility index (Phi) is 4.20. The van der Waals surface area contributed by atoms with Gasteiger partial charge in [-0.25, -0.2) is 13.2 Å². The molecule has 1 atom stereocenters. The average molecular weight is 344 g/mol. The molecule has 0 saturated carbocycles. The van der Waals surface area contributed by atoms with E-state index in [1.165, 1.54) is 6.07 Å². The quantitative estimate of drug-likeness (QED) is 0.796. The highest BCUT2D eigenvalue weighted by atomic mass is 79.9. The zero-order chi connectivity index (χ0) is 15.0. The predicted octanol–water partition coefficient (Wildman–Crippen LogP) is 4.53. The van der Waals surface area contributed by atoms with E-state index >= 15 is 0 Å². The van der Waals surface area contributed by atoms with Gasteiger partial charge in [0.05, 0.1) is 6.04 Å². The van der Waals surface area contributed by atoms with Crippen LogP contribution in [0.4, 0.5) is 13.2 Å². The van der Waals surface area contributed by atoms with Gasteiger partial charge in [0.1, 0.15) is 0 Å². The summed E-state index contributed by atoms with van der Waals surface area (Å²) in [7, 11) is 0. The molecule has 2 aromatic carbocycles. The second-order valence-electron chi connectivity index (χ2n) is 4.71. The number of aryl methyl sites for hydroxylation is 2. The average Bonchev–Trinajstić information content (AvgIpc) is 2.41. The van der Waals surface area contributed by atoms with Crippen molar-refractivity contribution in [3.05, 3.63) is 68.4 Å². The van der Waals surface area contributed by atoms with Crippen molar-refractivity contribution in [2.45, 2.75) is 19.9 Å². The maximum atomic E-state index is 13.8. The van der Waals surface area contributed by atoms with E-state index in [4.69, 9.17) is 5.73 Å². The molecule has 20 heavy (non-hydrogen) atoms. The van der Waals surface area contributed by atoms with E-state index in [0.29, 0.717) is 5.56 Å². The highest BCUT2D eigenvalue weighted by Gasteiger charge is 2.20. The summed E-state index contributed by atoms with van der Waals surface area (Å²) in [6.45, 7) is 3.77. The summed E-state index contributed by atoms with van der Waals surface area (Å²) in [6.07, 6.45) is 0. The zero-order valence-electron chi connectivity index (χ0n) is 11.0. The van der Waals surface area contributed by atoms with E-state index in [0.717, 1.165) is 21.7 Å². The molecule has 2 aromatic rings. The van der Waals surface area contributed by atoms with Gasteiger partial charge in [-0.1, -0.05) is 34.1 Å². The van der Waals surface area contributed by atoms with Crippen molar-refractivity contribution < 1.29 is 13.2 Å². The van der Waals surface area contributed by atoms with E-state index in [1.807, 2.05) is 13.8 Å². The molecule has 0 saturated heterocycles. The van der Waals surface area contributed by atoms with Gasteiger partial charge in [-0.2, -0.15) is 0 Å². The van der Waals surface area contributed by atoms with Crippen LogP contribution in [0.1, 0.15) is 28.3 Å². The van der Waals surface area contributed by atoms with Crippen molar-refractivity contribution in [1.82, 2.24) is 0 Å². The third-order valence-electron chi connectivity index (χ3n) is 3.22. The van der Waals surface area contributed by atoms with Gasteiger partial charge in [0.15, 0.2) is 17.5 Å². The van der Waals surface area contributed by atoms with Gasteiger partial charge >= 0.3 is 0 Å². The molecule has 0 bridgehead atoms. The molecule has 0 spiro atoms. The summed E-state index contributed by atoms with van der Waals surface area (Å²) in [4.78, 5) is 0. The first-order valence-electron chi connectivity index (χ1n) is 5.98. The summed E-state index contributed by atoms with van der Waals surface area (Å²) in [6, 6.07) is 4.79. The molecule has 0 aliphatic rings. The van der Waals surface area contributed by atoms with Gasteiger partial charge in [0.25, 0.3) is 0 Å². The molecule has 5 heteroatoms. The fourth-order valence-electron chi connectivity index (χ4n) is 2.12. The van der Waals surface area contributed by atoms with E-state index in [-0.39, 0.29) is 5.56 Å². The summed E-state index contributed by atoms with van der Waals surface area (Å²) in [5, 5.41) is 0. The molecule has 0 amide bonds. The maximum Gasteiger partial charge on any atom is 0.194 e. The molecule has 0 heterocycles. The van der Waals surface area contributed by atoms with Crippen LogP contribution in [-0.2, 0) is 0 Å². The molecule has 2 N–H and O–H groups in total. The minimum Gasteiger partial charge on any atom is -0.320 e. The largest absolute Gasteiger partial charge is 0.320 e. The Morgan fingerprint density at radius 3 is 2.10 bits per heavy atom. The van der Waals surface area contributed by atoms with Gasteiger partial charge in [-0.3, -0.25) is 0 Å². The van der Waals surface area contributed by atoms with E-state index in [1.54, 1.807) is 12.1 Å². The first kappa shape index (κ1) is 15.1. The number of hydrogen-bond donors (Lipinski definition) is 1. The molecule has 0 aromatic heterocycles. The number of nitrogens with two attached hydrogens (primary N) is 1. The fraction of sp³-hybridized carbons (Fsp3) is 0.200. The molecule has 0 aliphatic heterocycles. The third kappa shape index (κ3) is 2.60. The summed E-state index contributed by atoms with van der Waals surface area (Å²) in [5.74, 6) is -3.96. The Morgan fingerprint density at radius 2 is 1.55 bits per heavy atom. The highest BCUT2D eigenvalue weighted by molar-refractivity contribution is 9.10. The van der Waals surface area contributed by atoms with Crippen molar-refractivity contribution in [3.63, 3.8) is 0 Å². The number of halogens is 4. The monoisotopic (exact) mass is 343 g/mol. The van der Waals surface area contributed by atoms with Crippen LogP contribution in [0.5, 0.6) is 0 Å². The molecular formula is C15H13BrF3N. The lowest BCUT2D eigenvalue weighted by atomic mass is 9.96. The van der Waals surface area contributed by atoms with Gasteiger partial charge in [-0.15, -0.1) is 0 Å². The van der Waals surface area contributed by atoms with Gasteiger partial charge in [-0.05, 0) is 36.6 Å². The van der Waals surface area contributed by atoms with Crippen LogP contribution in [0.2, 0.25) is 0 Å². The Labute approximate surface area is 123 Å². The maximum absolute atomic E-state index is 13.8. The van der Waals surface area contributed by atoms with Crippen LogP contribution in [0.3, 0.4) is 0 Å². The van der Waals surface area contributed by atoms with E-state index < -0.39 is 23.5 Å². The lowest BCUT2D eigenvalue weighted by molar-refractivity contribution is 0.438. The molecular weight excluding hydrogens is 331 g/mol. The predicted molar refractivity (Wildman–Crippen MR) is 76.0 cm³/mol. The SMILES string of the molecule is Cc1cc(C(N)c2ccc(F)c(F)c2F)cc(C)c1Br. The minimum atomic E-state index is -1.50. The molecule has 106 valence electrons. The standard InChI is InChI=1S/C15H13BrF3N/c1-7-5-9(6-8(2)12(7)16)15(20)10-3-4-11(17)14(19)13(10)18/h3-6,15H,20H2,1-2H3. The lowest BCUT2D eigenvalue weighted by Gasteiger charge is -2.16. The van der Waals surface area contributed by atoms with Crippen molar-refractivity contribution in [2.75, 3.05) is 0 Å². The number of benzene rings is 2. The summed E-state index contributed by atoms with van der Waals surface area (Å²) >= 11 is 3.43. The normalized spacial score (nSPS) is 12.6. The van der Waals surface area contributed by atoms with Crippen LogP contribution in [-0.4, -0.2) is 0 Å². The van der Waals surface area contributed by atoms with Crippen molar-refractivity contribution >= 4 is 15.9 Å². The number of rotatable bonds is 2. The molecule has 0 radical (unpaired) electrons. The summed E-state index contributed by atoms with van der Waals surface area (Å²) in [5.41, 5.74) is 8.45. The van der Waals surface area contributed by atoms with Crippen LogP contribution < -0.4 is 5.73 Å². The van der Waals surface area contributed by atoms with E-state index in [9.17, 15) is 13.2 Å². The Hall–Kier alpha value is -1.33. The molecule has 2 rings (SSSR count). The van der Waals surface area contributed by atoms with Crippen molar-refractivity contribution in [3.8, 4) is 0 Å². The smallest absolute Gasteiger partial charge is 0.194 e. The van der Waals surface area contributed by atoms with E-state index in [2.05, 4.69) is 15.9 Å². The van der Waals surface area contributed by atoms with Crippen LogP contribution in [0.25, 0.3) is 0 Å². The van der Waals surface area contributed by atoms with Gasteiger partial charge < -0.3 is 5.73 Å². The van der Waals surface area contributed by atoms with Crippen molar-refractivity contribution in [1.29, 1.82) is 0 Å². The zero-order valence-corrected chi connectivity index (χ0v) is 12.6. The van der Waals surface area contributed by atoms with Crippen molar-refractivity contribution in [2.24, 2.45) is 5.73 Å². The molecule has 0 aliphatic carbocycles. The van der Waals surface area contributed by atoms with Crippen LogP contribution in [0, 0.1) is 31.3 Å². The number of hydrogen-bond acceptors (Lipinski definition) is 1. The lowest BCUT2D eigenvalue weighted by Crippen LogP contribution is -2.15. The highest BCUT2D eigenvalue weighted by Crippen LogP contribution is 2.29. The fourth-order valence-corrected chi connectivity index (χ4v) is 2.35. The molecule has 1 nitrogen and oxygen atoms in total. The summed E-state index contributed by atoms with van der Waals surface area (Å²) < 4.78 is 40.9. The second kappa shape index (κ2) is 5.58. The van der Waals surface area contributed by atoms with Crippen LogP contribution >= 0.6 is 15.9 Å².